The van der Waals surface area contributed by atoms with Crippen molar-refractivity contribution in [2.75, 3.05) is 31.3 Å². The van der Waals surface area contributed by atoms with Crippen LogP contribution in [-0.2, 0) is 26.2 Å². The van der Waals surface area contributed by atoms with E-state index in [2.05, 4.69) is 5.32 Å². The van der Waals surface area contributed by atoms with Crippen molar-refractivity contribution in [3.63, 3.8) is 0 Å². The van der Waals surface area contributed by atoms with Crippen LogP contribution in [0.1, 0.15) is 31.7 Å². The van der Waals surface area contributed by atoms with E-state index in [1.54, 1.807) is 43.3 Å². The Hall–Kier alpha value is -3.14. The Labute approximate surface area is 200 Å². The van der Waals surface area contributed by atoms with Crippen LogP contribution in [-0.4, -0.2) is 58.1 Å². The number of para-hydroxylation sites is 2. The number of carbonyl (C=O) groups is 2. The zero-order chi connectivity index (χ0) is 25.3. The van der Waals surface area contributed by atoms with Gasteiger partial charge in [0.05, 0.1) is 19.1 Å². The van der Waals surface area contributed by atoms with Crippen LogP contribution in [0.5, 0.6) is 5.75 Å². The third-order valence-electron chi connectivity index (χ3n) is 5.40. The fourth-order valence-electron chi connectivity index (χ4n) is 3.69. The number of nitrogens with zero attached hydrogens (tertiary/aromatic N) is 2. The summed E-state index contributed by atoms with van der Waals surface area (Å²) in [6.45, 7) is 2.00. The van der Waals surface area contributed by atoms with Gasteiger partial charge in [0.1, 0.15) is 17.6 Å². The van der Waals surface area contributed by atoms with Gasteiger partial charge in [0.15, 0.2) is 0 Å². The van der Waals surface area contributed by atoms with Crippen molar-refractivity contribution in [1.29, 1.82) is 0 Å². The first-order valence-corrected chi connectivity index (χ1v) is 12.8. The van der Waals surface area contributed by atoms with E-state index in [0.717, 1.165) is 6.26 Å². The summed E-state index contributed by atoms with van der Waals surface area (Å²) in [6, 6.07) is 11.8. The van der Waals surface area contributed by atoms with Crippen LogP contribution < -0.4 is 14.4 Å². The molecule has 8 nitrogen and oxygen atoms in total. The Bertz CT molecular complexity index is 1080. The van der Waals surface area contributed by atoms with Gasteiger partial charge < -0.3 is 15.0 Å². The van der Waals surface area contributed by atoms with Gasteiger partial charge >= 0.3 is 0 Å². The van der Waals surface area contributed by atoms with Crippen molar-refractivity contribution in [2.24, 2.45) is 0 Å². The van der Waals surface area contributed by atoms with Crippen molar-refractivity contribution in [3.8, 4) is 5.75 Å². The predicted octanol–water partition coefficient (Wildman–Crippen LogP) is 2.93. The van der Waals surface area contributed by atoms with Gasteiger partial charge in [-0.2, -0.15) is 0 Å². The molecule has 1 atom stereocenters. The molecule has 10 heteroatoms. The minimum absolute atomic E-state index is 0.0237. The SMILES string of the molecule is CC[C@H](C(=O)NC)N(Cc1ccc(F)cc1)C(=O)CCCN(c1ccccc1OC)S(C)(=O)=O. The first kappa shape index (κ1) is 27.1. The molecule has 34 heavy (non-hydrogen) atoms. The van der Waals surface area contributed by atoms with Gasteiger partial charge in [-0.3, -0.25) is 13.9 Å². The maximum atomic E-state index is 13.3. The molecule has 0 spiro atoms. The molecule has 0 saturated carbocycles. The maximum Gasteiger partial charge on any atom is 0.242 e. The number of sulfonamides is 1. The van der Waals surface area contributed by atoms with E-state index in [4.69, 9.17) is 4.74 Å². The lowest BCUT2D eigenvalue weighted by atomic mass is 10.1. The van der Waals surface area contributed by atoms with Gasteiger partial charge in [0, 0.05) is 26.6 Å². The Balaban J connectivity index is 2.21. The van der Waals surface area contributed by atoms with Crippen LogP contribution >= 0.6 is 0 Å². The summed E-state index contributed by atoms with van der Waals surface area (Å²) in [5.74, 6) is -0.585. The van der Waals surface area contributed by atoms with Crippen molar-refractivity contribution >= 4 is 27.5 Å². The Kier molecular flexibility index (Phi) is 9.85. The van der Waals surface area contributed by atoms with Crippen molar-refractivity contribution in [1.82, 2.24) is 10.2 Å². The van der Waals surface area contributed by atoms with Gasteiger partial charge in [-0.1, -0.05) is 31.2 Å². The number of methoxy groups -OCH3 is 1. The summed E-state index contributed by atoms with van der Waals surface area (Å²) in [4.78, 5) is 27.1. The average Bonchev–Trinajstić information content (AvgIpc) is 2.81. The highest BCUT2D eigenvalue weighted by atomic mass is 32.2. The van der Waals surface area contributed by atoms with Crippen LogP contribution in [0.4, 0.5) is 10.1 Å². The molecule has 2 rings (SSSR count). The lowest BCUT2D eigenvalue weighted by Gasteiger charge is -2.31. The summed E-state index contributed by atoms with van der Waals surface area (Å²) in [7, 11) is -0.670. The van der Waals surface area contributed by atoms with Crippen LogP contribution in [0.25, 0.3) is 0 Å². The number of hydrogen-bond acceptors (Lipinski definition) is 5. The van der Waals surface area contributed by atoms with Gasteiger partial charge in [-0.25, -0.2) is 12.8 Å². The Morgan fingerprint density at radius 2 is 1.76 bits per heavy atom. The van der Waals surface area contributed by atoms with Gasteiger partial charge in [0.2, 0.25) is 21.8 Å². The molecule has 0 radical (unpaired) electrons. The van der Waals surface area contributed by atoms with Crippen LogP contribution in [0.15, 0.2) is 48.5 Å². The van der Waals surface area contributed by atoms with Crippen molar-refractivity contribution in [3.05, 3.63) is 59.9 Å². The monoisotopic (exact) mass is 493 g/mol. The largest absolute Gasteiger partial charge is 0.495 e. The molecule has 0 saturated heterocycles. The minimum Gasteiger partial charge on any atom is -0.495 e. The number of halogens is 1. The van der Waals surface area contributed by atoms with Gasteiger partial charge in [-0.05, 0) is 42.7 Å². The van der Waals surface area contributed by atoms with Crippen molar-refractivity contribution in [2.45, 2.75) is 38.8 Å². The number of likely N-dealkylation sites (N-methyl/N-ethyl adjacent to an activating group) is 1. The molecule has 0 bridgehead atoms. The van der Waals surface area contributed by atoms with Crippen LogP contribution in [0, 0.1) is 5.82 Å². The molecule has 2 aromatic rings. The Morgan fingerprint density at radius 3 is 2.32 bits per heavy atom. The maximum absolute atomic E-state index is 13.3. The third-order valence-corrected chi connectivity index (χ3v) is 6.58. The van der Waals surface area contributed by atoms with E-state index in [9.17, 15) is 22.4 Å². The number of benzene rings is 2. The number of rotatable bonds is 12. The fourth-order valence-corrected chi connectivity index (χ4v) is 4.66. The fraction of sp³-hybridized carbons (Fsp3) is 0.417. The quantitative estimate of drug-likeness (QED) is 0.491. The van der Waals surface area contributed by atoms with E-state index >= 15 is 0 Å². The molecule has 0 aliphatic heterocycles. The first-order valence-electron chi connectivity index (χ1n) is 11.0. The molecule has 186 valence electrons. The molecule has 1 N–H and O–H groups in total. The summed E-state index contributed by atoms with van der Waals surface area (Å²) < 4.78 is 44.7. The predicted molar refractivity (Wildman–Crippen MR) is 130 cm³/mol. The number of nitrogens with one attached hydrogen (secondary N) is 1. The summed E-state index contributed by atoms with van der Waals surface area (Å²) in [6.07, 6.45) is 1.74. The van der Waals surface area contributed by atoms with Crippen LogP contribution in [0.2, 0.25) is 0 Å². The lowest BCUT2D eigenvalue weighted by Crippen LogP contribution is -2.48. The number of hydrogen-bond donors (Lipinski definition) is 1. The van der Waals surface area contributed by atoms with Crippen LogP contribution in [0.3, 0.4) is 0 Å². The van der Waals surface area contributed by atoms with Gasteiger partial charge in [-0.15, -0.1) is 0 Å². The molecule has 0 fully saturated rings. The van der Waals surface area contributed by atoms with E-state index in [1.807, 2.05) is 0 Å². The minimum atomic E-state index is -3.63. The number of anilines is 1. The highest BCUT2D eigenvalue weighted by Crippen LogP contribution is 2.29. The molecule has 0 unspecified atom stereocenters. The second-order valence-corrected chi connectivity index (χ2v) is 9.70. The van der Waals surface area contributed by atoms with E-state index in [0.29, 0.717) is 23.4 Å². The van der Waals surface area contributed by atoms with Crippen molar-refractivity contribution < 1.29 is 27.1 Å². The highest BCUT2D eigenvalue weighted by molar-refractivity contribution is 7.92. The molecule has 0 aliphatic carbocycles. The second-order valence-electron chi connectivity index (χ2n) is 7.80. The summed E-state index contributed by atoms with van der Waals surface area (Å²) in [5, 5.41) is 2.58. The lowest BCUT2D eigenvalue weighted by molar-refractivity contribution is -0.141. The Morgan fingerprint density at radius 1 is 1.12 bits per heavy atom. The second kappa shape index (κ2) is 12.4. The molecule has 0 aliphatic rings. The summed E-state index contributed by atoms with van der Waals surface area (Å²) >= 11 is 0. The summed E-state index contributed by atoms with van der Waals surface area (Å²) in [5.41, 5.74) is 1.07. The normalized spacial score (nSPS) is 12.0. The zero-order valence-electron chi connectivity index (χ0n) is 20.0. The molecule has 0 aromatic heterocycles. The molecule has 2 aromatic carbocycles. The number of amides is 2. The first-order chi connectivity index (χ1) is 16.1. The van der Waals surface area contributed by atoms with E-state index < -0.39 is 21.9 Å². The average molecular weight is 494 g/mol. The van der Waals surface area contributed by atoms with E-state index in [1.165, 1.54) is 35.5 Å². The topological polar surface area (TPSA) is 96.0 Å². The molecule has 2 amide bonds. The number of carbonyl (C=O) groups excluding carboxylic acids is 2. The smallest absolute Gasteiger partial charge is 0.242 e. The standard InChI is InChI=1S/C24H32FN3O5S/c1-5-20(24(30)26-2)27(17-18-12-14-19(25)15-13-18)23(29)11-8-16-28(34(4,31)32)21-9-6-7-10-22(21)33-3/h6-7,9-10,12-15,20H,5,8,11,16-17H2,1-4H3,(H,26,30)/t20-/m1/s1. The molecular weight excluding hydrogens is 461 g/mol. The van der Waals surface area contributed by atoms with Gasteiger partial charge in [0.25, 0.3) is 0 Å². The molecule has 0 heterocycles. The van der Waals surface area contributed by atoms with E-state index in [-0.39, 0.29) is 37.7 Å². The zero-order valence-corrected chi connectivity index (χ0v) is 20.8. The third kappa shape index (κ3) is 7.18. The highest BCUT2D eigenvalue weighted by Gasteiger charge is 2.28. The molecular formula is C24H32FN3O5S. The number of ether oxygens (including phenoxy) is 1.